The van der Waals surface area contributed by atoms with Crippen LogP contribution in [0.3, 0.4) is 0 Å². The van der Waals surface area contributed by atoms with Crippen LogP contribution < -0.4 is 5.32 Å². The molecule has 1 aliphatic rings. The van der Waals surface area contributed by atoms with Gasteiger partial charge in [0.25, 0.3) is 5.91 Å². The van der Waals surface area contributed by atoms with Gasteiger partial charge in [-0.05, 0) is 12.2 Å². The monoisotopic (exact) mass is 192 g/mol. The summed E-state index contributed by atoms with van der Waals surface area (Å²) in [5.74, 6) is -0.361. The maximum Gasteiger partial charge on any atom is 0.253 e. The second-order valence-electron chi connectivity index (χ2n) is 2.36. The molecule has 1 amide bonds. The number of hydrogen-bond donors (Lipinski definition) is 2. The number of nitrogens with zero attached hydrogens (tertiary/aromatic N) is 1. The second kappa shape index (κ2) is 3.77. The molecule has 1 unspecified atom stereocenters. The maximum atomic E-state index is 11.9. The molecule has 0 aromatic rings. The smallest absolute Gasteiger partial charge is 0.253 e. The Morgan fingerprint density at radius 1 is 1.75 bits per heavy atom. The summed E-state index contributed by atoms with van der Waals surface area (Å²) in [7, 11) is 0. The number of alkyl halides is 1. The van der Waals surface area contributed by atoms with E-state index < -0.39 is 12.7 Å². The van der Waals surface area contributed by atoms with Gasteiger partial charge in [-0.15, -0.1) is 0 Å². The summed E-state index contributed by atoms with van der Waals surface area (Å²) in [5.41, 5.74) is 0. The largest absolute Gasteiger partial charge is 0.394 e. The first-order chi connectivity index (χ1) is 5.70. The highest BCUT2D eigenvalue weighted by Gasteiger charge is 2.34. The van der Waals surface area contributed by atoms with Gasteiger partial charge in [-0.25, -0.2) is 4.39 Å². The molecular formula is C6H9FN2O2S. The number of halogens is 1. The highest BCUT2D eigenvalue weighted by molar-refractivity contribution is 7.80. The molecule has 0 aliphatic carbocycles. The zero-order chi connectivity index (χ0) is 9.14. The van der Waals surface area contributed by atoms with E-state index in [9.17, 15) is 9.18 Å². The van der Waals surface area contributed by atoms with E-state index in [1.54, 1.807) is 0 Å². The zero-order valence-corrected chi connectivity index (χ0v) is 7.10. The minimum Gasteiger partial charge on any atom is -0.394 e. The van der Waals surface area contributed by atoms with E-state index in [1.807, 2.05) is 0 Å². The Labute approximate surface area is 74.3 Å². The van der Waals surface area contributed by atoms with Crippen molar-refractivity contribution in [3.63, 3.8) is 0 Å². The van der Waals surface area contributed by atoms with Crippen LogP contribution in [0.15, 0.2) is 0 Å². The van der Waals surface area contributed by atoms with E-state index in [0.29, 0.717) is 0 Å². The number of aliphatic hydroxyl groups excluding tert-OH is 1. The maximum absolute atomic E-state index is 11.9. The van der Waals surface area contributed by atoms with Gasteiger partial charge in [0.2, 0.25) is 0 Å². The lowest BCUT2D eigenvalue weighted by atomic mass is 10.3. The van der Waals surface area contributed by atoms with Gasteiger partial charge in [-0.3, -0.25) is 9.69 Å². The number of hydrogen-bond acceptors (Lipinski definition) is 3. The number of rotatable bonds is 3. The van der Waals surface area contributed by atoms with Crippen LogP contribution in [0.2, 0.25) is 0 Å². The van der Waals surface area contributed by atoms with E-state index in [1.165, 1.54) is 0 Å². The van der Waals surface area contributed by atoms with Crippen LogP contribution in [0.4, 0.5) is 4.39 Å². The fraction of sp³-hybridized carbons (Fsp3) is 0.667. The fourth-order valence-electron chi connectivity index (χ4n) is 0.997. The third-order valence-corrected chi connectivity index (χ3v) is 1.94. The van der Waals surface area contributed by atoms with E-state index in [4.69, 9.17) is 17.3 Å². The lowest BCUT2D eigenvalue weighted by Crippen LogP contribution is -2.34. The van der Waals surface area contributed by atoms with Crippen molar-refractivity contribution in [2.45, 2.75) is 6.04 Å². The van der Waals surface area contributed by atoms with Gasteiger partial charge in [0.1, 0.15) is 12.7 Å². The zero-order valence-electron chi connectivity index (χ0n) is 6.29. The number of amides is 1. The lowest BCUT2D eigenvalue weighted by Gasteiger charge is -2.11. The summed E-state index contributed by atoms with van der Waals surface area (Å²) in [6, 6.07) is -0.691. The first-order valence-corrected chi connectivity index (χ1v) is 3.90. The average Bonchev–Trinajstić information content (AvgIpc) is 2.32. The van der Waals surface area contributed by atoms with Crippen LogP contribution in [0.1, 0.15) is 0 Å². The van der Waals surface area contributed by atoms with Gasteiger partial charge >= 0.3 is 0 Å². The number of aliphatic hydroxyl groups is 1. The Balaban J connectivity index is 2.64. The van der Waals surface area contributed by atoms with Crippen molar-refractivity contribution >= 4 is 23.2 Å². The number of carbonyl (C=O) groups is 1. The molecule has 68 valence electrons. The SMILES string of the molecule is O=C1C(CO)NC(=S)N1CCF. The number of carbonyl (C=O) groups excluding carboxylic acids is 1. The lowest BCUT2D eigenvalue weighted by molar-refractivity contribution is -0.127. The van der Waals surface area contributed by atoms with Crippen molar-refractivity contribution < 1.29 is 14.3 Å². The number of nitrogens with one attached hydrogen (secondary N) is 1. The molecule has 0 saturated carbocycles. The summed E-state index contributed by atoms with van der Waals surface area (Å²) in [4.78, 5) is 12.3. The first kappa shape index (κ1) is 9.34. The summed E-state index contributed by atoms with van der Waals surface area (Å²) in [6.45, 7) is -0.991. The van der Waals surface area contributed by atoms with Crippen LogP contribution in [-0.4, -0.2) is 46.9 Å². The predicted octanol–water partition coefficient (Wildman–Crippen LogP) is -0.966. The standard InChI is InChI=1S/C6H9FN2O2S/c7-1-2-9-5(11)4(3-10)8-6(9)12/h4,10H,1-3H2,(H,8,12). The Bertz CT molecular complexity index is 212. The number of thiocarbonyl (C=S) groups is 1. The van der Waals surface area contributed by atoms with Gasteiger partial charge in [0.05, 0.1) is 13.2 Å². The van der Waals surface area contributed by atoms with Crippen LogP contribution >= 0.6 is 12.2 Å². The molecule has 0 spiro atoms. The van der Waals surface area contributed by atoms with Gasteiger partial charge in [0, 0.05) is 0 Å². The van der Waals surface area contributed by atoms with Gasteiger partial charge in [0.15, 0.2) is 5.11 Å². The van der Waals surface area contributed by atoms with Gasteiger partial charge in [-0.1, -0.05) is 0 Å². The molecule has 1 saturated heterocycles. The molecule has 0 radical (unpaired) electrons. The average molecular weight is 192 g/mol. The van der Waals surface area contributed by atoms with E-state index >= 15 is 0 Å². The minimum atomic E-state index is -0.691. The molecule has 0 bridgehead atoms. The molecule has 6 heteroatoms. The van der Waals surface area contributed by atoms with Crippen molar-refractivity contribution in [1.29, 1.82) is 0 Å². The van der Waals surface area contributed by atoms with Crippen molar-refractivity contribution in [2.75, 3.05) is 19.8 Å². The van der Waals surface area contributed by atoms with Crippen molar-refractivity contribution in [1.82, 2.24) is 10.2 Å². The van der Waals surface area contributed by atoms with Crippen molar-refractivity contribution in [3.8, 4) is 0 Å². The van der Waals surface area contributed by atoms with Crippen molar-refractivity contribution in [3.05, 3.63) is 0 Å². The quantitative estimate of drug-likeness (QED) is 0.565. The molecule has 1 atom stereocenters. The Kier molecular flexibility index (Phi) is 2.93. The van der Waals surface area contributed by atoms with E-state index in [0.717, 1.165) is 4.90 Å². The summed E-state index contributed by atoms with van der Waals surface area (Å²) in [6.07, 6.45) is 0. The third-order valence-electron chi connectivity index (χ3n) is 1.60. The van der Waals surface area contributed by atoms with Crippen LogP contribution in [-0.2, 0) is 4.79 Å². The summed E-state index contributed by atoms with van der Waals surface area (Å²) >= 11 is 4.74. The molecule has 1 heterocycles. The molecule has 1 aliphatic heterocycles. The third kappa shape index (κ3) is 1.54. The van der Waals surface area contributed by atoms with E-state index in [-0.39, 0.29) is 24.2 Å². The molecule has 0 aromatic carbocycles. The molecule has 4 nitrogen and oxygen atoms in total. The molecule has 12 heavy (non-hydrogen) atoms. The van der Waals surface area contributed by atoms with Crippen molar-refractivity contribution in [2.24, 2.45) is 0 Å². The molecule has 2 N–H and O–H groups in total. The van der Waals surface area contributed by atoms with E-state index in [2.05, 4.69) is 5.32 Å². The molecule has 0 aromatic heterocycles. The minimum absolute atomic E-state index is 0.0405. The first-order valence-electron chi connectivity index (χ1n) is 3.49. The Morgan fingerprint density at radius 3 is 2.83 bits per heavy atom. The molecule has 1 fully saturated rings. The topological polar surface area (TPSA) is 52.6 Å². The Morgan fingerprint density at radius 2 is 2.42 bits per heavy atom. The van der Waals surface area contributed by atoms with Crippen LogP contribution in [0.5, 0.6) is 0 Å². The molecular weight excluding hydrogens is 183 g/mol. The van der Waals surface area contributed by atoms with Crippen LogP contribution in [0.25, 0.3) is 0 Å². The van der Waals surface area contributed by atoms with Crippen LogP contribution in [0, 0.1) is 0 Å². The summed E-state index contributed by atoms with van der Waals surface area (Å²) in [5, 5.41) is 11.4. The molecule has 1 rings (SSSR count). The highest BCUT2D eigenvalue weighted by Crippen LogP contribution is 2.05. The van der Waals surface area contributed by atoms with Gasteiger partial charge in [-0.2, -0.15) is 0 Å². The summed E-state index contributed by atoms with van der Waals surface area (Å²) < 4.78 is 11.9. The van der Waals surface area contributed by atoms with Gasteiger partial charge < -0.3 is 10.4 Å². The second-order valence-corrected chi connectivity index (χ2v) is 2.75. The fourth-order valence-corrected chi connectivity index (χ4v) is 1.32. The predicted molar refractivity (Wildman–Crippen MR) is 44.3 cm³/mol. The Hall–Kier alpha value is -0.750. The normalized spacial score (nSPS) is 23.2. The highest BCUT2D eigenvalue weighted by atomic mass is 32.1.